The molecule has 0 spiro atoms. The quantitative estimate of drug-likeness (QED) is 0.192. The van der Waals surface area contributed by atoms with Crippen LogP contribution in [0.2, 0.25) is 0 Å². The number of nitro groups is 4. The number of nitro benzene ring substituents is 4. The molecule has 4 rings (SSSR count). The van der Waals surface area contributed by atoms with Gasteiger partial charge < -0.3 is 0 Å². The van der Waals surface area contributed by atoms with E-state index >= 15 is 0 Å². The first-order valence-electron chi connectivity index (χ1n) is 9.01. The normalized spacial score (nSPS) is 10.8. The summed E-state index contributed by atoms with van der Waals surface area (Å²) in [5.41, 5.74) is -1.75. The van der Waals surface area contributed by atoms with Gasteiger partial charge in [-0.2, -0.15) is 0 Å². The predicted molar refractivity (Wildman–Crippen MR) is 127 cm³/mol. The Morgan fingerprint density at radius 2 is 0.972 bits per heavy atom. The van der Waals surface area contributed by atoms with Crippen LogP contribution in [0, 0.1) is 40.5 Å². The van der Waals surface area contributed by atoms with Gasteiger partial charge in [0.25, 0.3) is 22.7 Å². The van der Waals surface area contributed by atoms with Crippen molar-refractivity contribution in [2.45, 2.75) is 18.5 Å². The second-order valence-corrected chi connectivity index (χ2v) is 10.8. The molecular weight excluding hydrogens is 560 g/mol. The number of hydrogen-bond donors (Lipinski definition) is 0. The summed E-state index contributed by atoms with van der Waals surface area (Å²) in [4.78, 5) is 41.8. The van der Waals surface area contributed by atoms with E-state index in [9.17, 15) is 40.5 Å². The zero-order valence-corrected chi connectivity index (χ0v) is 20.2. The molecule has 16 nitrogen and oxygen atoms in total. The maximum absolute atomic E-state index is 11.3. The van der Waals surface area contributed by atoms with Crippen molar-refractivity contribution < 1.29 is 19.7 Å². The van der Waals surface area contributed by atoms with E-state index in [0.717, 1.165) is 70.5 Å². The highest BCUT2D eigenvalue weighted by Gasteiger charge is 2.24. The molecule has 0 aliphatic rings. The van der Waals surface area contributed by atoms with Crippen LogP contribution in [0.3, 0.4) is 0 Å². The molecule has 0 unspecified atom stereocenters. The zero-order valence-electron chi connectivity index (χ0n) is 16.9. The van der Waals surface area contributed by atoms with Crippen molar-refractivity contribution in [2.24, 2.45) is 0 Å². The van der Waals surface area contributed by atoms with Crippen LogP contribution in [-0.4, -0.2) is 40.1 Å². The van der Waals surface area contributed by atoms with Crippen molar-refractivity contribution in [3.63, 3.8) is 0 Å². The molecule has 4 aromatic rings. The standard InChI is InChI=1S/C16H6N8O8S4/c25-21(26)7-1-3-11(9(5-7)23(29)30)33-15-19-17-13(35-15)14-18-20-16(36-14)34-12-4-2-8(22(27)28)6-10(12)24(31)32/h1-6H. The number of hydrogen-bond acceptors (Lipinski definition) is 16. The third-order valence-corrected chi connectivity index (χ3v) is 8.31. The maximum atomic E-state index is 11.3. The van der Waals surface area contributed by atoms with Crippen LogP contribution >= 0.6 is 46.2 Å². The van der Waals surface area contributed by atoms with Crippen LogP contribution in [0.4, 0.5) is 22.7 Å². The van der Waals surface area contributed by atoms with Crippen LogP contribution in [-0.2, 0) is 0 Å². The maximum Gasteiger partial charge on any atom is 0.290 e. The third kappa shape index (κ3) is 5.40. The molecule has 182 valence electrons. The molecule has 0 N–H and O–H groups in total. The summed E-state index contributed by atoms with van der Waals surface area (Å²) in [6, 6.07) is 6.50. The topological polar surface area (TPSA) is 224 Å². The van der Waals surface area contributed by atoms with Crippen LogP contribution < -0.4 is 0 Å². The van der Waals surface area contributed by atoms with Crippen LogP contribution in [0.25, 0.3) is 10.0 Å². The molecule has 20 heteroatoms. The van der Waals surface area contributed by atoms with E-state index in [2.05, 4.69) is 20.4 Å². The average Bonchev–Trinajstić information content (AvgIpc) is 3.48. The molecule has 0 bridgehead atoms. The summed E-state index contributed by atoms with van der Waals surface area (Å²) < 4.78 is 0.606. The Morgan fingerprint density at radius 1 is 0.583 bits per heavy atom. The fourth-order valence-corrected chi connectivity index (χ4v) is 6.36. The fraction of sp³-hybridized carbons (Fsp3) is 0. The summed E-state index contributed by atoms with van der Waals surface area (Å²) in [5, 5.41) is 61.0. The Hall–Kier alpha value is -4.14. The fourth-order valence-electron chi connectivity index (χ4n) is 2.56. The van der Waals surface area contributed by atoms with Gasteiger partial charge in [0.1, 0.15) is 0 Å². The Labute approximate surface area is 214 Å². The molecule has 0 aliphatic heterocycles. The highest BCUT2D eigenvalue weighted by molar-refractivity contribution is 8.01. The first-order valence-corrected chi connectivity index (χ1v) is 12.3. The summed E-state index contributed by atoms with van der Waals surface area (Å²) in [7, 11) is 0. The van der Waals surface area contributed by atoms with Crippen LogP contribution in [0.5, 0.6) is 0 Å². The van der Waals surface area contributed by atoms with Gasteiger partial charge in [0.05, 0.1) is 41.6 Å². The van der Waals surface area contributed by atoms with E-state index in [1.165, 1.54) is 12.1 Å². The monoisotopic (exact) mass is 566 g/mol. The van der Waals surface area contributed by atoms with E-state index < -0.39 is 42.4 Å². The van der Waals surface area contributed by atoms with E-state index in [4.69, 9.17) is 0 Å². The van der Waals surface area contributed by atoms with Crippen molar-refractivity contribution in [1.82, 2.24) is 20.4 Å². The second-order valence-electron chi connectivity index (χ2n) is 6.28. The van der Waals surface area contributed by atoms with Crippen molar-refractivity contribution >= 4 is 68.9 Å². The van der Waals surface area contributed by atoms with Gasteiger partial charge >= 0.3 is 0 Å². The van der Waals surface area contributed by atoms with Gasteiger partial charge in [-0.15, -0.1) is 20.4 Å². The molecule has 0 aliphatic carbocycles. The largest absolute Gasteiger partial charge is 0.290 e. The summed E-state index contributed by atoms with van der Waals surface area (Å²) >= 11 is 3.89. The van der Waals surface area contributed by atoms with Crippen LogP contribution in [0.1, 0.15) is 0 Å². The lowest BCUT2D eigenvalue weighted by Crippen LogP contribution is -1.94. The molecule has 0 atom stereocenters. The third-order valence-electron chi connectivity index (χ3n) is 4.09. The lowest BCUT2D eigenvalue weighted by molar-refractivity contribution is -0.396. The molecule has 0 amide bonds. The Kier molecular flexibility index (Phi) is 7.10. The van der Waals surface area contributed by atoms with Gasteiger partial charge in [-0.3, -0.25) is 40.5 Å². The van der Waals surface area contributed by atoms with Gasteiger partial charge in [0, 0.05) is 12.1 Å². The molecular formula is C16H6N8O8S4. The summed E-state index contributed by atoms with van der Waals surface area (Å²) in [6.45, 7) is 0. The van der Waals surface area contributed by atoms with E-state index in [1.54, 1.807) is 0 Å². The van der Waals surface area contributed by atoms with Gasteiger partial charge in [-0.1, -0.05) is 46.2 Å². The van der Waals surface area contributed by atoms with Gasteiger partial charge in [0.2, 0.25) is 0 Å². The van der Waals surface area contributed by atoms with Crippen molar-refractivity contribution in [3.05, 3.63) is 76.9 Å². The van der Waals surface area contributed by atoms with E-state index in [1.807, 2.05) is 0 Å². The number of aromatic nitrogens is 4. The highest BCUT2D eigenvalue weighted by atomic mass is 32.2. The highest BCUT2D eigenvalue weighted by Crippen LogP contribution is 2.42. The predicted octanol–water partition coefficient (Wildman–Crippen LogP) is 4.99. The van der Waals surface area contributed by atoms with Crippen molar-refractivity contribution in [2.75, 3.05) is 0 Å². The Bertz CT molecular complexity index is 1430. The van der Waals surface area contributed by atoms with E-state index in [0.29, 0.717) is 18.7 Å². The molecule has 2 aromatic heterocycles. The minimum absolute atomic E-state index is 0.132. The van der Waals surface area contributed by atoms with Crippen molar-refractivity contribution in [1.29, 1.82) is 0 Å². The molecule has 0 radical (unpaired) electrons. The number of non-ortho nitro benzene ring substituents is 2. The summed E-state index contributed by atoms with van der Waals surface area (Å²) in [6.07, 6.45) is 0. The Morgan fingerprint density at radius 3 is 1.31 bits per heavy atom. The molecule has 2 heterocycles. The molecule has 0 saturated heterocycles. The minimum atomic E-state index is -0.735. The lowest BCUT2D eigenvalue weighted by Gasteiger charge is -1.99. The number of rotatable bonds is 9. The average molecular weight is 567 g/mol. The minimum Gasteiger partial charge on any atom is -0.258 e. The SMILES string of the molecule is O=[N+]([O-])c1ccc(Sc2nnc(-c3nnc(Sc4ccc([N+](=O)[O-])cc4[N+](=O)[O-])s3)s2)c([N+](=O)[O-])c1. The summed E-state index contributed by atoms with van der Waals surface area (Å²) in [5.74, 6) is 0. The lowest BCUT2D eigenvalue weighted by atomic mass is 10.3. The van der Waals surface area contributed by atoms with Gasteiger partial charge in [-0.05, 0) is 12.1 Å². The smallest absolute Gasteiger partial charge is 0.258 e. The van der Waals surface area contributed by atoms with Gasteiger partial charge in [-0.25, -0.2) is 0 Å². The molecule has 0 fully saturated rings. The van der Waals surface area contributed by atoms with Gasteiger partial charge in [0.15, 0.2) is 18.7 Å². The Balaban J connectivity index is 1.54. The van der Waals surface area contributed by atoms with Crippen molar-refractivity contribution in [3.8, 4) is 10.0 Å². The zero-order chi connectivity index (χ0) is 26.0. The first-order chi connectivity index (χ1) is 17.1. The molecule has 36 heavy (non-hydrogen) atoms. The van der Waals surface area contributed by atoms with Crippen LogP contribution in [0.15, 0.2) is 54.9 Å². The second kappa shape index (κ2) is 10.2. The number of benzene rings is 2. The molecule has 2 aromatic carbocycles. The number of nitrogens with zero attached hydrogens (tertiary/aromatic N) is 8. The first kappa shape index (κ1) is 25.0. The van der Waals surface area contributed by atoms with E-state index in [-0.39, 0.29) is 9.79 Å². The molecule has 0 saturated carbocycles.